The Bertz CT molecular complexity index is 653. The molecule has 4 amide bonds. The number of carbonyl (C=O) groups excluding carboxylic acids is 3. The zero-order chi connectivity index (χ0) is 18.6. The highest BCUT2D eigenvalue weighted by Gasteiger charge is 2.27. The molecular formula is C18H24FN3O3. The van der Waals surface area contributed by atoms with E-state index < -0.39 is 6.03 Å². The molecule has 0 radical (unpaired) electrons. The Morgan fingerprint density at radius 1 is 1.28 bits per heavy atom. The Morgan fingerprint density at radius 2 is 1.92 bits per heavy atom. The van der Waals surface area contributed by atoms with Crippen molar-refractivity contribution in [1.29, 1.82) is 0 Å². The van der Waals surface area contributed by atoms with Gasteiger partial charge in [-0.15, -0.1) is 0 Å². The number of imide groups is 1. The Morgan fingerprint density at radius 3 is 2.48 bits per heavy atom. The smallest absolute Gasteiger partial charge is 0.324 e. The number of nitrogens with one attached hydrogen (secondary N) is 2. The van der Waals surface area contributed by atoms with E-state index in [2.05, 4.69) is 31.4 Å². The van der Waals surface area contributed by atoms with Crippen molar-refractivity contribution in [3.05, 3.63) is 35.6 Å². The second-order valence-electron chi connectivity index (χ2n) is 7.46. The molecule has 1 aliphatic rings. The molecule has 0 saturated carbocycles. The summed E-state index contributed by atoms with van der Waals surface area (Å²) in [6, 6.07) is 5.18. The summed E-state index contributed by atoms with van der Waals surface area (Å²) in [5, 5.41) is 5.11. The third-order valence-corrected chi connectivity index (χ3v) is 3.90. The summed E-state index contributed by atoms with van der Waals surface area (Å²) < 4.78 is 13.2. The van der Waals surface area contributed by atoms with Crippen LogP contribution in [-0.2, 0) is 9.59 Å². The molecule has 1 aliphatic heterocycles. The Balaban J connectivity index is 2.05. The number of urea groups is 1. The van der Waals surface area contributed by atoms with Crippen LogP contribution in [0.1, 0.15) is 45.2 Å². The van der Waals surface area contributed by atoms with Crippen molar-refractivity contribution < 1.29 is 18.8 Å². The van der Waals surface area contributed by atoms with Crippen molar-refractivity contribution in [2.45, 2.75) is 39.7 Å². The molecule has 1 aromatic carbocycles. The first-order chi connectivity index (χ1) is 11.6. The first kappa shape index (κ1) is 18.9. The lowest BCUT2D eigenvalue weighted by molar-refractivity contribution is -0.125. The lowest BCUT2D eigenvalue weighted by Gasteiger charge is -2.29. The van der Waals surface area contributed by atoms with E-state index >= 15 is 0 Å². The number of halogens is 1. The number of nitrogens with zero attached hydrogens (tertiary/aromatic N) is 1. The lowest BCUT2D eigenvalue weighted by atomic mass is 9.85. The van der Waals surface area contributed by atoms with E-state index in [-0.39, 0.29) is 48.6 Å². The van der Waals surface area contributed by atoms with Gasteiger partial charge in [-0.25, -0.2) is 9.18 Å². The molecular weight excluding hydrogens is 325 g/mol. The van der Waals surface area contributed by atoms with Crippen molar-refractivity contribution >= 4 is 17.8 Å². The number of carbonyl (C=O) groups is 3. The summed E-state index contributed by atoms with van der Waals surface area (Å²) in [6.07, 6.45) is 0.845. The second kappa shape index (κ2) is 7.63. The van der Waals surface area contributed by atoms with Crippen LogP contribution in [0.5, 0.6) is 0 Å². The van der Waals surface area contributed by atoms with E-state index in [1.807, 2.05) is 0 Å². The molecule has 7 heteroatoms. The van der Waals surface area contributed by atoms with Crippen LogP contribution < -0.4 is 10.6 Å². The molecule has 136 valence electrons. The highest BCUT2D eigenvalue weighted by molar-refractivity contribution is 5.98. The van der Waals surface area contributed by atoms with Crippen LogP contribution in [-0.4, -0.2) is 35.8 Å². The van der Waals surface area contributed by atoms with Gasteiger partial charge >= 0.3 is 6.03 Å². The van der Waals surface area contributed by atoms with Crippen molar-refractivity contribution in [3.63, 3.8) is 0 Å². The molecule has 0 bridgehead atoms. The summed E-state index contributed by atoms with van der Waals surface area (Å²) >= 11 is 0. The molecule has 0 unspecified atom stereocenters. The van der Waals surface area contributed by atoms with Crippen LogP contribution in [0, 0.1) is 11.2 Å². The normalized spacial score (nSPS) is 16.4. The molecule has 1 saturated heterocycles. The molecule has 0 spiro atoms. The van der Waals surface area contributed by atoms with Gasteiger partial charge in [0.1, 0.15) is 12.4 Å². The van der Waals surface area contributed by atoms with E-state index in [4.69, 9.17) is 0 Å². The molecule has 1 aromatic rings. The molecule has 2 rings (SSSR count). The zero-order valence-corrected chi connectivity index (χ0v) is 14.8. The van der Waals surface area contributed by atoms with E-state index in [0.29, 0.717) is 6.42 Å². The predicted octanol–water partition coefficient (Wildman–Crippen LogP) is 2.36. The van der Waals surface area contributed by atoms with Crippen molar-refractivity contribution in [2.75, 3.05) is 13.1 Å². The van der Waals surface area contributed by atoms with Gasteiger partial charge in [0.05, 0.1) is 6.04 Å². The standard InChI is InChI=1S/C18H24FN3O3/c1-18(2,3)10-14(12-4-6-13(19)7-5-12)20-16(24)11-22-9-8-15(23)21-17(22)25/h4-7,14H,8-11H2,1-3H3,(H,20,24)(H,21,23,25)/t14-/m1/s1. The SMILES string of the molecule is CC(C)(C)C[C@@H](NC(=O)CN1CCC(=O)NC1=O)c1ccc(F)cc1. The topological polar surface area (TPSA) is 78.5 Å². The molecule has 0 aromatic heterocycles. The van der Waals surface area contributed by atoms with Crippen molar-refractivity contribution in [3.8, 4) is 0 Å². The van der Waals surface area contributed by atoms with Gasteiger partial charge < -0.3 is 10.2 Å². The molecule has 6 nitrogen and oxygen atoms in total. The monoisotopic (exact) mass is 349 g/mol. The van der Waals surface area contributed by atoms with Crippen LogP contribution >= 0.6 is 0 Å². The zero-order valence-electron chi connectivity index (χ0n) is 14.8. The van der Waals surface area contributed by atoms with Crippen LogP contribution in [0.4, 0.5) is 9.18 Å². The number of hydrogen-bond donors (Lipinski definition) is 2. The van der Waals surface area contributed by atoms with E-state index in [1.165, 1.54) is 17.0 Å². The molecule has 0 aliphatic carbocycles. The van der Waals surface area contributed by atoms with Crippen LogP contribution in [0.25, 0.3) is 0 Å². The third-order valence-electron chi connectivity index (χ3n) is 3.90. The minimum atomic E-state index is -0.555. The maximum Gasteiger partial charge on any atom is 0.324 e. The van der Waals surface area contributed by atoms with Gasteiger partial charge in [-0.05, 0) is 29.5 Å². The van der Waals surface area contributed by atoms with Crippen LogP contribution in [0.2, 0.25) is 0 Å². The van der Waals surface area contributed by atoms with Gasteiger partial charge in [0.25, 0.3) is 0 Å². The summed E-state index contributed by atoms with van der Waals surface area (Å²) in [6.45, 7) is 6.26. The van der Waals surface area contributed by atoms with E-state index in [0.717, 1.165) is 5.56 Å². The fourth-order valence-corrected chi connectivity index (χ4v) is 2.72. The highest BCUT2D eigenvalue weighted by Crippen LogP contribution is 2.29. The number of amides is 4. The largest absolute Gasteiger partial charge is 0.348 e. The molecule has 1 fully saturated rings. The summed E-state index contributed by atoms with van der Waals surface area (Å²) in [4.78, 5) is 36.6. The van der Waals surface area contributed by atoms with Gasteiger partial charge in [-0.2, -0.15) is 0 Å². The van der Waals surface area contributed by atoms with Crippen LogP contribution in [0.15, 0.2) is 24.3 Å². The maximum absolute atomic E-state index is 13.2. The van der Waals surface area contributed by atoms with Gasteiger partial charge in [0.15, 0.2) is 0 Å². The lowest BCUT2D eigenvalue weighted by Crippen LogP contribution is -2.52. The summed E-state index contributed by atoms with van der Waals surface area (Å²) in [7, 11) is 0. The molecule has 1 heterocycles. The average molecular weight is 349 g/mol. The number of rotatable bonds is 5. The fraction of sp³-hybridized carbons (Fsp3) is 0.500. The van der Waals surface area contributed by atoms with E-state index in [9.17, 15) is 18.8 Å². The predicted molar refractivity (Wildman–Crippen MR) is 91.1 cm³/mol. The van der Waals surface area contributed by atoms with Gasteiger partial charge in [0, 0.05) is 13.0 Å². The van der Waals surface area contributed by atoms with Crippen molar-refractivity contribution in [2.24, 2.45) is 5.41 Å². The Kier molecular flexibility index (Phi) is 5.77. The number of hydrogen-bond acceptors (Lipinski definition) is 3. The van der Waals surface area contributed by atoms with Gasteiger partial charge in [0.2, 0.25) is 11.8 Å². The minimum absolute atomic E-state index is 0.0543. The Labute approximate surface area is 146 Å². The highest BCUT2D eigenvalue weighted by atomic mass is 19.1. The first-order valence-electron chi connectivity index (χ1n) is 8.28. The first-order valence-corrected chi connectivity index (χ1v) is 8.28. The summed E-state index contributed by atoms with van der Waals surface area (Å²) in [5.41, 5.74) is 0.754. The molecule has 25 heavy (non-hydrogen) atoms. The van der Waals surface area contributed by atoms with Crippen LogP contribution in [0.3, 0.4) is 0 Å². The Hall–Kier alpha value is -2.44. The van der Waals surface area contributed by atoms with Gasteiger partial charge in [-0.1, -0.05) is 32.9 Å². The minimum Gasteiger partial charge on any atom is -0.348 e. The third kappa shape index (κ3) is 5.85. The average Bonchev–Trinajstić information content (AvgIpc) is 2.49. The quantitative estimate of drug-likeness (QED) is 0.856. The maximum atomic E-state index is 13.2. The molecule has 2 N–H and O–H groups in total. The molecule has 1 atom stereocenters. The van der Waals surface area contributed by atoms with Crippen molar-refractivity contribution in [1.82, 2.24) is 15.5 Å². The fourth-order valence-electron chi connectivity index (χ4n) is 2.72. The second-order valence-corrected chi connectivity index (χ2v) is 7.46. The van der Waals surface area contributed by atoms with Gasteiger partial charge in [-0.3, -0.25) is 14.9 Å². The van der Waals surface area contributed by atoms with E-state index in [1.54, 1.807) is 12.1 Å². The summed E-state index contributed by atoms with van der Waals surface area (Å²) in [5.74, 6) is -0.985. The number of benzene rings is 1.